The molecule has 3 heteroatoms. The molecule has 0 aliphatic heterocycles. The molecule has 0 amide bonds. The Morgan fingerprint density at radius 2 is 2.20 bits per heavy atom. The van der Waals surface area contributed by atoms with Gasteiger partial charge < -0.3 is 4.42 Å². The third kappa shape index (κ3) is 0.827. The van der Waals surface area contributed by atoms with Crippen molar-refractivity contribution in [3.63, 3.8) is 0 Å². The van der Waals surface area contributed by atoms with Crippen LogP contribution >= 0.6 is 15.9 Å². The van der Waals surface area contributed by atoms with Gasteiger partial charge in [-0.2, -0.15) is 0 Å². The number of pyridine rings is 1. The van der Waals surface area contributed by atoms with Crippen molar-refractivity contribution in [3.8, 4) is 0 Å². The van der Waals surface area contributed by atoms with E-state index in [0.29, 0.717) is 0 Å². The van der Waals surface area contributed by atoms with E-state index in [2.05, 4.69) is 20.9 Å². The zero-order chi connectivity index (χ0) is 6.97. The Morgan fingerprint density at radius 3 is 3.10 bits per heavy atom. The third-order valence-corrected chi connectivity index (χ3v) is 1.71. The molecule has 0 radical (unpaired) electrons. The monoisotopic (exact) mass is 197 g/mol. The normalized spacial score (nSPS) is 10.5. The molecule has 0 unspecified atom stereocenters. The molecule has 0 atom stereocenters. The van der Waals surface area contributed by atoms with Crippen LogP contribution in [0.25, 0.3) is 11.1 Å². The highest BCUT2D eigenvalue weighted by Gasteiger charge is 1.96. The lowest BCUT2D eigenvalue weighted by Gasteiger charge is -1.86. The van der Waals surface area contributed by atoms with E-state index in [1.54, 1.807) is 6.26 Å². The summed E-state index contributed by atoms with van der Waals surface area (Å²) in [5.74, 6) is 0. The van der Waals surface area contributed by atoms with Gasteiger partial charge in [0.2, 0.25) is 0 Å². The van der Waals surface area contributed by atoms with E-state index < -0.39 is 0 Å². The standard InChI is InChI=1S/C7H4BrNO/c8-7-2-1-6-5(9-7)3-4-10-6/h1-4H. The first-order valence-corrected chi connectivity index (χ1v) is 3.65. The molecule has 0 saturated heterocycles. The number of hydrogen-bond acceptors (Lipinski definition) is 2. The van der Waals surface area contributed by atoms with Gasteiger partial charge in [-0.15, -0.1) is 0 Å². The zero-order valence-corrected chi connectivity index (χ0v) is 6.63. The van der Waals surface area contributed by atoms with Crippen molar-refractivity contribution >= 4 is 27.0 Å². The van der Waals surface area contributed by atoms with E-state index >= 15 is 0 Å². The largest absolute Gasteiger partial charge is 0.463 e. The van der Waals surface area contributed by atoms with Crippen LogP contribution < -0.4 is 0 Å². The van der Waals surface area contributed by atoms with E-state index in [-0.39, 0.29) is 0 Å². The molecule has 0 spiro atoms. The fraction of sp³-hybridized carbons (Fsp3) is 0. The van der Waals surface area contributed by atoms with Crippen molar-refractivity contribution in [2.45, 2.75) is 0 Å². The number of halogens is 1. The van der Waals surface area contributed by atoms with E-state index in [0.717, 1.165) is 15.7 Å². The zero-order valence-electron chi connectivity index (χ0n) is 5.04. The number of aromatic nitrogens is 1. The van der Waals surface area contributed by atoms with E-state index in [4.69, 9.17) is 4.42 Å². The Labute approximate surface area is 66.0 Å². The molecular formula is C7H4BrNO. The molecule has 2 aromatic rings. The Kier molecular flexibility index (Phi) is 1.24. The summed E-state index contributed by atoms with van der Waals surface area (Å²) in [6, 6.07) is 5.57. The Hall–Kier alpha value is -0.830. The van der Waals surface area contributed by atoms with Crippen LogP contribution in [0.1, 0.15) is 0 Å². The number of fused-ring (bicyclic) bond motifs is 1. The predicted octanol–water partition coefficient (Wildman–Crippen LogP) is 2.59. The average molecular weight is 198 g/mol. The van der Waals surface area contributed by atoms with Crippen LogP contribution in [0.3, 0.4) is 0 Å². The molecule has 2 nitrogen and oxygen atoms in total. The van der Waals surface area contributed by atoms with Gasteiger partial charge in [0.05, 0.1) is 6.26 Å². The van der Waals surface area contributed by atoms with Crippen molar-refractivity contribution < 1.29 is 4.42 Å². The van der Waals surface area contributed by atoms with Crippen LogP contribution in [0.2, 0.25) is 0 Å². The fourth-order valence-corrected chi connectivity index (χ4v) is 1.15. The summed E-state index contributed by atoms with van der Waals surface area (Å²) in [7, 11) is 0. The predicted molar refractivity (Wildman–Crippen MR) is 41.7 cm³/mol. The second-order valence-electron chi connectivity index (χ2n) is 1.94. The lowest BCUT2D eigenvalue weighted by atomic mass is 10.4. The second kappa shape index (κ2) is 2.09. The molecule has 0 aliphatic rings. The summed E-state index contributed by atoms with van der Waals surface area (Å²) in [5, 5.41) is 0. The lowest BCUT2D eigenvalue weighted by Crippen LogP contribution is -1.72. The van der Waals surface area contributed by atoms with Gasteiger partial charge in [0.1, 0.15) is 10.1 Å². The van der Waals surface area contributed by atoms with Gasteiger partial charge in [-0.3, -0.25) is 0 Å². The highest BCUT2D eigenvalue weighted by atomic mass is 79.9. The topological polar surface area (TPSA) is 26.0 Å². The molecule has 0 bridgehead atoms. The Morgan fingerprint density at radius 1 is 1.30 bits per heavy atom. The van der Waals surface area contributed by atoms with Gasteiger partial charge in [-0.1, -0.05) is 0 Å². The van der Waals surface area contributed by atoms with Crippen LogP contribution in [0.15, 0.2) is 33.5 Å². The first kappa shape index (κ1) is 5.92. The smallest absolute Gasteiger partial charge is 0.152 e. The summed E-state index contributed by atoms with van der Waals surface area (Å²) < 4.78 is 5.92. The summed E-state index contributed by atoms with van der Waals surface area (Å²) in [6.07, 6.45) is 1.63. The molecule has 2 aromatic heterocycles. The average Bonchev–Trinajstić information content (AvgIpc) is 2.33. The van der Waals surface area contributed by atoms with Crippen LogP contribution in [0, 0.1) is 0 Å². The minimum absolute atomic E-state index is 0.822. The molecule has 0 fully saturated rings. The molecule has 50 valence electrons. The van der Waals surface area contributed by atoms with E-state index in [1.165, 1.54) is 0 Å². The molecule has 0 aromatic carbocycles. The first-order chi connectivity index (χ1) is 4.86. The molecule has 0 aliphatic carbocycles. The van der Waals surface area contributed by atoms with Crippen LogP contribution in [0.5, 0.6) is 0 Å². The van der Waals surface area contributed by atoms with Crippen molar-refractivity contribution in [3.05, 3.63) is 29.1 Å². The number of nitrogens with zero attached hydrogens (tertiary/aromatic N) is 1. The maximum atomic E-state index is 5.09. The number of furan rings is 1. The highest BCUT2D eigenvalue weighted by molar-refractivity contribution is 9.10. The SMILES string of the molecule is Brc1ccc2occc2n1. The van der Waals surface area contributed by atoms with Gasteiger partial charge >= 0.3 is 0 Å². The van der Waals surface area contributed by atoms with Crippen molar-refractivity contribution in [1.82, 2.24) is 4.98 Å². The lowest BCUT2D eigenvalue weighted by molar-refractivity contribution is 0.615. The van der Waals surface area contributed by atoms with Crippen molar-refractivity contribution in [1.29, 1.82) is 0 Å². The first-order valence-electron chi connectivity index (χ1n) is 2.86. The maximum Gasteiger partial charge on any atom is 0.152 e. The molecule has 2 rings (SSSR count). The third-order valence-electron chi connectivity index (χ3n) is 1.27. The molecule has 0 saturated carbocycles. The highest BCUT2D eigenvalue weighted by Crippen LogP contribution is 2.15. The fourth-order valence-electron chi connectivity index (χ4n) is 0.828. The van der Waals surface area contributed by atoms with Crippen molar-refractivity contribution in [2.24, 2.45) is 0 Å². The molecule has 0 N–H and O–H groups in total. The summed E-state index contributed by atoms with van der Waals surface area (Å²) >= 11 is 3.26. The molecule has 2 heterocycles. The van der Waals surface area contributed by atoms with Crippen LogP contribution in [0.4, 0.5) is 0 Å². The van der Waals surface area contributed by atoms with Gasteiger partial charge in [0, 0.05) is 6.07 Å². The number of hydrogen-bond donors (Lipinski definition) is 0. The van der Waals surface area contributed by atoms with Gasteiger partial charge in [-0.05, 0) is 28.1 Å². The van der Waals surface area contributed by atoms with Gasteiger partial charge in [-0.25, -0.2) is 4.98 Å². The summed E-state index contributed by atoms with van der Waals surface area (Å²) in [6.45, 7) is 0. The Bertz CT molecular complexity index is 355. The minimum Gasteiger partial charge on any atom is -0.463 e. The Balaban J connectivity index is 2.86. The summed E-state index contributed by atoms with van der Waals surface area (Å²) in [5.41, 5.74) is 1.71. The number of rotatable bonds is 0. The van der Waals surface area contributed by atoms with Crippen LogP contribution in [-0.4, -0.2) is 4.98 Å². The second-order valence-corrected chi connectivity index (χ2v) is 2.75. The minimum atomic E-state index is 0.822. The van der Waals surface area contributed by atoms with E-state index in [1.807, 2.05) is 18.2 Å². The van der Waals surface area contributed by atoms with Gasteiger partial charge in [0.25, 0.3) is 0 Å². The van der Waals surface area contributed by atoms with Crippen molar-refractivity contribution in [2.75, 3.05) is 0 Å². The summed E-state index contributed by atoms with van der Waals surface area (Å²) in [4.78, 5) is 4.16. The van der Waals surface area contributed by atoms with Crippen LogP contribution in [-0.2, 0) is 0 Å². The quantitative estimate of drug-likeness (QED) is 0.608. The maximum absolute atomic E-state index is 5.09. The van der Waals surface area contributed by atoms with E-state index in [9.17, 15) is 0 Å². The molecular weight excluding hydrogens is 194 g/mol. The van der Waals surface area contributed by atoms with Gasteiger partial charge in [0.15, 0.2) is 5.58 Å². The molecule has 10 heavy (non-hydrogen) atoms.